The van der Waals surface area contributed by atoms with Crippen molar-refractivity contribution in [2.45, 2.75) is 71.4 Å². The van der Waals surface area contributed by atoms with E-state index in [4.69, 9.17) is 15.1 Å². The molecule has 1 N–H and O–H groups in total. The van der Waals surface area contributed by atoms with Gasteiger partial charge in [-0.3, -0.25) is 5.41 Å². The molecule has 0 amide bonds. The maximum Gasteiger partial charge on any atom is 0.417 e. The molecule has 0 spiro atoms. The lowest BCUT2D eigenvalue weighted by Crippen LogP contribution is -2.36. The summed E-state index contributed by atoms with van der Waals surface area (Å²) in [4.78, 5) is 8.58. The van der Waals surface area contributed by atoms with Gasteiger partial charge in [-0.1, -0.05) is 31.0 Å². The minimum atomic E-state index is -4.94. The van der Waals surface area contributed by atoms with E-state index in [1.54, 1.807) is 6.92 Å². The Hall–Kier alpha value is -3.50. The minimum absolute atomic E-state index is 0.0109. The number of nitrogens with zero attached hydrogens (tertiary/aromatic N) is 3. The lowest BCUT2D eigenvalue weighted by molar-refractivity contribution is -0.138. The Labute approximate surface area is 241 Å². The van der Waals surface area contributed by atoms with Crippen LogP contribution in [-0.4, -0.2) is 35.6 Å². The molecule has 1 atom stereocenters. The van der Waals surface area contributed by atoms with E-state index in [-0.39, 0.29) is 24.7 Å². The fraction of sp³-hybridized carbons (Fsp3) is 0.484. The van der Waals surface area contributed by atoms with Crippen LogP contribution in [0.15, 0.2) is 36.4 Å². The number of ether oxygens (including phenoxy) is 1. The zero-order valence-corrected chi connectivity index (χ0v) is 23.8. The molecule has 0 saturated heterocycles. The van der Waals surface area contributed by atoms with E-state index in [2.05, 4.69) is 4.90 Å². The number of nitrogens with one attached hydrogen (secondary N) is 1. The van der Waals surface area contributed by atoms with Crippen LogP contribution in [0.25, 0.3) is 22.0 Å². The van der Waals surface area contributed by atoms with Gasteiger partial charge in [0.25, 0.3) is 6.02 Å². The van der Waals surface area contributed by atoms with Gasteiger partial charge in [-0.25, -0.2) is 4.98 Å². The molecule has 2 aromatic rings. The lowest BCUT2D eigenvalue weighted by atomic mass is 10.0. The number of fused-ring (bicyclic) bond motifs is 2. The fourth-order valence-corrected chi connectivity index (χ4v) is 6.25. The number of hydrogen-bond acceptors (Lipinski definition) is 4. The molecular weight excluding hydrogens is 558 g/mol. The predicted molar refractivity (Wildman–Crippen MR) is 150 cm³/mol. The molecule has 0 bridgehead atoms. The number of aromatic nitrogens is 1. The summed E-state index contributed by atoms with van der Waals surface area (Å²) in [5.74, 6) is 1.21. The monoisotopic (exact) mass is 592 g/mol. The number of para-hydroxylation sites is 1. The van der Waals surface area contributed by atoms with Crippen LogP contribution < -0.4 is 4.90 Å². The van der Waals surface area contributed by atoms with Crippen LogP contribution >= 0.6 is 0 Å². The van der Waals surface area contributed by atoms with E-state index in [0.29, 0.717) is 23.8 Å². The molecule has 1 heterocycles. The summed E-state index contributed by atoms with van der Waals surface area (Å²) < 4.78 is 87.9. The second kappa shape index (κ2) is 11.3. The Balaban J connectivity index is 1.58. The van der Waals surface area contributed by atoms with Gasteiger partial charge in [-0.15, -0.1) is 0 Å². The Morgan fingerprint density at radius 3 is 2.33 bits per heavy atom. The van der Waals surface area contributed by atoms with E-state index >= 15 is 0 Å². The molecule has 5 nitrogen and oxygen atoms in total. The van der Waals surface area contributed by atoms with Crippen molar-refractivity contribution in [3.63, 3.8) is 0 Å². The molecule has 3 aliphatic carbocycles. The fourth-order valence-electron chi connectivity index (χ4n) is 6.25. The third kappa shape index (κ3) is 5.74. The number of pyridine rings is 1. The molecule has 5 rings (SSSR count). The van der Waals surface area contributed by atoms with Crippen molar-refractivity contribution in [1.29, 1.82) is 5.41 Å². The van der Waals surface area contributed by atoms with Crippen molar-refractivity contribution in [3.05, 3.63) is 58.7 Å². The highest BCUT2D eigenvalue weighted by Crippen LogP contribution is 2.61. The van der Waals surface area contributed by atoms with E-state index in [1.165, 1.54) is 24.7 Å². The molecule has 0 aliphatic heterocycles. The molecule has 1 aromatic carbocycles. The number of halogens is 6. The van der Waals surface area contributed by atoms with Gasteiger partial charge in [-0.2, -0.15) is 26.3 Å². The summed E-state index contributed by atoms with van der Waals surface area (Å²) in [6, 6.07) is 8.96. The van der Waals surface area contributed by atoms with E-state index in [0.717, 1.165) is 36.4 Å². The summed E-state index contributed by atoms with van der Waals surface area (Å²) in [6.45, 7) is 6.80. The van der Waals surface area contributed by atoms with Crippen molar-refractivity contribution in [1.82, 2.24) is 9.88 Å². The number of benzene rings is 2. The Kier molecular flexibility index (Phi) is 8.06. The quantitative estimate of drug-likeness (QED) is 0.120. The van der Waals surface area contributed by atoms with Crippen molar-refractivity contribution >= 4 is 22.7 Å². The number of rotatable bonds is 9. The molecule has 226 valence electrons. The Bertz CT molecular complexity index is 1480. The summed E-state index contributed by atoms with van der Waals surface area (Å²) in [5.41, 5.74) is -2.37. The van der Waals surface area contributed by atoms with Gasteiger partial charge in [-0.05, 0) is 63.3 Å². The van der Waals surface area contributed by atoms with E-state index in [1.807, 2.05) is 37.3 Å². The zero-order chi connectivity index (χ0) is 30.4. The van der Waals surface area contributed by atoms with Crippen LogP contribution in [0.4, 0.5) is 32.2 Å². The molecule has 0 unspecified atom stereocenters. The van der Waals surface area contributed by atoms with Crippen LogP contribution in [0, 0.1) is 11.3 Å². The first-order valence-corrected chi connectivity index (χ1v) is 14.3. The average Bonchev–Trinajstić information content (AvgIpc) is 3.25. The normalized spacial score (nSPS) is 15.6. The van der Waals surface area contributed by atoms with Crippen LogP contribution in [0.3, 0.4) is 0 Å². The van der Waals surface area contributed by atoms with Gasteiger partial charge in [0.05, 0.1) is 35.8 Å². The second-order valence-electron chi connectivity index (χ2n) is 11.0. The second-order valence-corrected chi connectivity index (χ2v) is 11.0. The molecule has 42 heavy (non-hydrogen) atoms. The van der Waals surface area contributed by atoms with E-state index in [9.17, 15) is 26.3 Å². The molecular formula is C31H34F6N4O. The minimum Gasteiger partial charge on any atom is -0.466 e. The highest BCUT2D eigenvalue weighted by Gasteiger charge is 2.54. The molecule has 0 radical (unpaired) electrons. The molecule has 3 aliphatic rings. The Morgan fingerprint density at radius 2 is 1.71 bits per heavy atom. The number of anilines is 1. The van der Waals surface area contributed by atoms with Crippen molar-refractivity contribution < 1.29 is 31.1 Å². The van der Waals surface area contributed by atoms with Crippen LogP contribution in [-0.2, 0) is 23.6 Å². The van der Waals surface area contributed by atoms with Gasteiger partial charge in [0.1, 0.15) is 5.82 Å². The first-order chi connectivity index (χ1) is 19.8. The first kappa shape index (κ1) is 30.0. The average molecular weight is 593 g/mol. The maximum atomic E-state index is 13.8. The van der Waals surface area contributed by atoms with Crippen molar-refractivity contribution in [3.8, 4) is 11.1 Å². The van der Waals surface area contributed by atoms with Gasteiger partial charge >= 0.3 is 12.4 Å². The number of hydrogen-bond donors (Lipinski definition) is 1. The summed E-state index contributed by atoms with van der Waals surface area (Å²) in [6.07, 6.45) is -5.24. The SMILES string of the molecule is CCOC(=N)N(Cc1cc2ccccc2nc1N(CC)CC1CCCC1)[C@H](C)c1cc(C(F)(F)F)c2c(C(F)(F)F)c1-2. The first-order valence-electron chi connectivity index (χ1n) is 14.3. The van der Waals surface area contributed by atoms with Crippen LogP contribution in [0.2, 0.25) is 0 Å². The largest absolute Gasteiger partial charge is 0.466 e. The molecule has 1 saturated carbocycles. The summed E-state index contributed by atoms with van der Waals surface area (Å²) in [5, 5.41) is 9.49. The molecule has 11 heteroatoms. The predicted octanol–water partition coefficient (Wildman–Crippen LogP) is 8.80. The third-order valence-electron chi connectivity index (χ3n) is 8.35. The zero-order valence-electron chi connectivity index (χ0n) is 23.8. The summed E-state index contributed by atoms with van der Waals surface area (Å²) >= 11 is 0. The van der Waals surface area contributed by atoms with Crippen LogP contribution in [0.5, 0.6) is 0 Å². The standard InChI is InChI=1S/C31H34F6N4O/c1-4-40(16-19-10-6-7-11-19)28-21(14-20-12-8-9-13-24(20)39-28)17-41(29(38)42-5-2)18(3)22-15-23(30(32,33)34)26-25(22)27(26)31(35,36)37/h8-9,12-15,18-19,38H,4-7,10-11,16-17H2,1-3H3/t18-/m1/s1. The smallest absolute Gasteiger partial charge is 0.417 e. The highest BCUT2D eigenvalue weighted by molar-refractivity contribution is 5.97. The van der Waals surface area contributed by atoms with Gasteiger partial charge in [0.2, 0.25) is 0 Å². The lowest BCUT2D eigenvalue weighted by Gasteiger charge is -2.33. The van der Waals surface area contributed by atoms with Gasteiger partial charge in [0, 0.05) is 35.2 Å². The third-order valence-corrected chi connectivity index (χ3v) is 8.35. The number of alkyl halides is 6. The topological polar surface area (TPSA) is 52.5 Å². The molecule has 1 fully saturated rings. The molecule has 1 aromatic heterocycles. The van der Waals surface area contributed by atoms with Crippen molar-refractivity contribution in [2.75, 3.05) is 24.6 Å². The van der Waals surface area contributed by atoms with E-state index < -0.39 is 40.6 Å². The van der Waals surface area contributed by atoms with Crippen molar-refractivity contribution in [2.24, 2.45) is 5.92 Å². The number of amidine groups is 1. The highest BCUT2D eigenvalue weighted by atomic mass is 19.4. The maximum absolute atomic E-state index is 13.8. The summed E-state index contributed by atoms with van der Waals surface area (Å²) in [7, 11) is 0. The van der Waals surface area contributed by atoms with Gasteiger partial charge in [0.15, 0.2) is 0 Å². The van der Waals surface area contributed by atoms with Crippen LogP contribution in [0.1, 0.15) is 74.8 Å². The Morgan fingerprint density at radius 1 is 1.02 bits per heavy atom. The van der Waals surface area contributed by atoms with Gasteiger partial charge < -0.3 is 14.5 Å².